The maximum Gasteiger partial charge on any atom is 0.191 e. The zero-order valence-corrected chi connectivity index (χ0v) is 11.9. The van der Waals surface area contributed by atoms with E-state index in [0.29, 0.717) is 6.04 Å². The fourth-order valence-corrected chi connectivity index (χ4v) is 2.37. The summed E-state index contributed by atoms with van der Waals surface area (Å²) in [6.07, 6.45) is 5.60. The van der Waals surface area contributed by atoms with Crippen molar-refractivity contribution in [2.24, 2.45) is 4.99 Å². The SMILES string of the molecule is CCNC(=NCCc1c[nH]c2ccccc12)NC1CC1. The predicted molar refractivity (Wildman–Crippen MR) is 84.1 cm³/mol. The lowest BCUT2D eigenvalue weighted by Crippen LogP contribution is -2.38. The van der Waals surface area contributed by atoms with Gasteiger partial charge < -0.3 is 15.6 Å². The van der Waals surface area contributed by atoms with Crippen molar-refractivity contribution in [3.05, 3.63) is 36.0 Å². The number of guanidine groups is 1. The first kappa shape index (κ1) is 13.0. The van der Waals surface area contributed by atoms with Gasteiger partial charge >= 0.3 is 0 Å². The van der Waals surface area contributed by atoms with Crippen LogP contribution in [0.2, 0.25) is 0 Å². The number of para-hydroxylation sites is 1. The Labute approximate surface area is 119 Å². The summed E-state index contributed by atoms with van der Waals surface area (Å²) in [5.41, 5.74) is 2.54. The summed E-state index contributed by atoms with van der Waals surface area (Å²) >= 11 is 0. The Kier molecular flexibility index (Phi) is 3.90. The van der Waals surface area contributed by atoms with E-state index in [1.807, 2.05) is 0 Å². The van der Waals surface area contributed by atoms with Crippen LogP contribution in [0.4, 0.5) is 0 Å². The van der Waals surface area contributed by atoms with Crippen molar-refractivity contribution in [3.8, 4) is 0 Å². The van der Waals surface area contributed by atoms with Crippen LogP contribution < -0.4 is 10.6 Å². The topological polar surface area (TPSA) is 52.2 Å². The Bertz CT molecular complexity index is 595. The van der Waals surface area contributed by atoms with Gasteiger partial charge in [0.2, 0.25) is 0 Å². The molecule has 0 atom stereocenters. The molecule has 1 aromatic heterocycles. The van der Waals surface area contributed by atoms with E-state index in [9.17, 15) is 0 Å². The summed E-state index contributed by atoms with van der Waals surface area (Å²) in [5, 5.41) is 8.05. The third-order valence-corrected chi connectivity index (χ3v) is 3.59. The fourth-order valence-electron chi connectivity index (χ4n) is 2.37. The minimum absolute atomic E-state index is 0.640. The highest BCUT2D eigenvalue weighted by Crippen LogP contribution is 2.19. The second-order valence-corrected chi connectivity index (χ2v) is 5.29. The first-order valence-electron chi connectivity index (χ1n) is 7.46. The Morgan fingerprint density at radius 2 is 2.20 bits per heavy atom. The van der Waals surface area contributed by atoms with Gasteiger partial charge in [-0.25, -0.2) is 0 Å². The highest BCUT2D eigenvalue weighted by atomic mass is 15.2. The fraction of sp³-hybridized carbons (Fsp3) is 0.438. The molecule has 1 fully saturated rings. The van der Waals surface area contributed by atoms with Gasteiger partial charge in [0, 0.05) is 36.2 Å². The Hall–Kier alpha value is -1.97. The molecule has 0 saturated heterocycles. The highest BCUT2D eigenvalue weighted by molar-refractivity contribution is 5.83. The number of hydrogen-bond donors (Lipinski definition) is 3. The van der Waals surface area contributed by atoms with Crippen LogP contribution in [0, 0.1) is 0 Å². The second-order valence-electron chi connectivity index (χ2n) is 5.29. The number of aromatic amines is 1. The highest BCUT2D eigenvalue weighted by Gasteiger charge is 2.21. The molecule has 0 amide bonds. The van der Waals surface area contributed by atoms with E-state index in [0.717, 1.165) is 25.5 Å². The molecule has 106 valence electrons. The molecule has 1 aromatic carbocycles. The number of nitrogens with one attached hydrogen (secondary N) is 3. The smallest absolute Gasteiger partial charge is 0.191 e. The van der Waals surface area contributed by atoms with E-state index >= 15 is 0 Å². The standard InChI is InChI=1S/C16H22N4/c1-2-17-16(20-13-7-8-13)18-10-9-12-11-19-15-6-4-3-5-14(12)15/h3-6,11,13,19H,2,7-10H2,1H3,(H2,17,18,20). The molecule has 4 nitrogen and oxygen atoms in total. The Morgan fingerprint density at radius 3 is 3.00 bits per heavy atom. The zero-order valence-electron chi connectivity index (χ0n) is 11.9. The molecular formula is C16H22N4. The van der Waals surface area contributed by atoms with Crippen LogP contribution >= 0.6 is 0 Å². The van der Waals surface area contributed by atoms with Crippen molar-refractivity contribution in [2.75, 3.05) is 13.1 Å². The van der Waals surface area contributed by atoms with Gasteiger partial charge in [-0.05, 0) is 37.8 Å². The van der Waals surface area contributed by atoms with Crippen LogP contribution in [-0.4, -0.2) is 30.1 Å². The van der Waals surface area contributed by atoms with E-state index in [4.69, 9.17) is 0 Å². The molecule has 1 saturated carbocycles. The average molecular weight is 270 g/mol. The number of H-pyrrole nitrogens is 1. The van der Waals surface area contributed by atoms with Crippen molar-refractivity contribution >= 4 is 16.9 Å². The minimum Gasteiger partial charge on any atom is -0.361 e. The molecule has 0 bridgehead atoms. The molecule has 0 aliphatic heterocycles. The molecule has 3 N–H and O–H groups in total. The monoisotopic (exact) mass is 270 g/mol. The quantitative estimate of drug-likeness (QED) is 0.577. The van der Waals surface area contributed by atoms with E-state index in [2.05, 4.69) is 58.0 Å². The van der Waals surface area contributed by atoms with E-state index in [1.165, 1.54) is 29.3 Å². The van der Waals surface area contributed by atoms with E-state index in [1.54, 1.807) is 0 Å². The molecule has 1 heterocycles. The lowest BCUT2D eigenvalue weighted by Gasteiger charge is -2.09. The number of benzene rings is 1. The average Bonchev–Trinajstić information content (AvgIpc) is 3.18. The lowest BCUT2D eigenvalue weighted by molar-refractivity contribution is 0.809. The number of rotatable bonds is 5. The van der Waals surface area contributed by atoms with Crippen LogP contribution in [0.5, 0.6) is 0 Å². The predicted octanol–water partition coefficient (Wildman–Crippen LogP) is 2.43. The number of hydrogen-bond acceptors (Lipinski definition) is 1. The summed E-state index contributed by atoms with van der Waals surface area (Å²) in [6, 6.07) is 9.06. The van der Waals surface area contributed by atoms with Gasteiger partial charge in [-0.3, -0.25) is 4.99 Å². The van der Waals surface area contributed by atoms with Crippen molar-refractivity contribution < 1.29 is 0 Å². The van der Waals surface area contributed by atoms with Gasteiger partial charge in [0.05, 0.1) is 0 Å². The van der Waals surface area contributed by atoms with Crippen LogP contribution in [0.3, 0.4) is 0 Å². The molecule has 1 aliphatic carbocycles. The molecule has 4 heteroatoms. The van der Waals surface area contributed by atoms with Crippen molar-refractivity contribution in [1.29, 1.82) is 0 Å². The summed E-state index contributed by atoms with van der Waals surface area (Å²) in [6.45, 7) is 3.82. The third-order valence-electron chi connectivity index (χ3n) is 3.59. The van der Waals surface area contributed by atoms with Crippen molar-refractivity contribution in [1.82, 2.24) is 15.6 Å². The zero-order chi connectivity index (χ0) is 13.8. The Morgan fingerprint density at radius 1 is 1.35 bits per heavy atom. The minimum atomic E-state index is 0.640. The summed E-state index contributed by atoms with van der Waals surface area (Å²) in [7, 11) is 0. The van der Waals surface area contributed by atoms with Gasteiger partial charge in [-0.15, -0.1) is 0 Å². The van der Waals surface area contributed by atoms with Crippen LogP contribution in [0.15, 0.2) is 35.5 Å². The lowest BCUT2D eigenvalue weighted by atomic mass is 10.1. The summed E-state index contributed by atoms with van der Waals surface area (Å²) in [4.78, 5) is 7.97. The van der Waals surface area contributed by atoms with Gasteiger partial charge in [0.15, 0.2) is 5.96 Å². The number of aromatic nitrogens is 1. The van der Waals surface area contributed by atoms with E-state index in [-0.39, 0.29) is 0 Å². The molecule has 20 heavy (non-hydrogen) atoms. The van der Waals surface area contributed by atoms with Crippen molar-refractivity contribution in [3.63, 3.8) is 0 Å². The first-order chi connectivity index (χ1) is 9.86. The van der Waals surface area contributed by atoms with Crippen LogP contribution in [-0.2, 0) is 6.42 Å². The molecule has 2 aromatic rings. The normalized spacial score (nSPS) is 15.6. The molecule has 3 rings (SSSR count). The number of aliphatic imine (C=N–C) groups is 1. The van der Waals surface area contributed by atoms with Gasteiger partial charge in [-0.2, -0.15) is 0 Å². The molecule has 0 radical (unpaired) electrons. The number of nitrogens with zero attached hydrogens (tertiary/aromatic N) is 1. The number of fused-ring (bicyclic) bond motifs is 1. The molecule has 0 spiro atoms. The summed E-state index contributed by atoms with van der Waals surface area (Å²) in [5.74, 6) is 0.954. The largest absolute Gasteiger partial charge is 0.361 e. The second kappa shape index (κ2) is 5.99. The van der Waals surface area contributed by atoms with E-state index < -0.39 is 0 Å². The van der Waals surface area contributed by atoms with Crippen LogP contribution in [0.1, 0.15) is 25.3 Å². The summed E-state index contributed by atoms with van der Waals surface area (Å²) < 4.78 is 0. The Balaban J connectivity index is 1.62. The van der Waals surface area contributed by atoms with Gasteiger partial charge in [0.25, 0.3) is 0 Å². The van der Waals surface area contributed by atoms with Crippen LogP contribution in [0.25, 0.3) is 10.9 Å². The van der Waals surface area contributed by atoms with Gasteiger partial charge in [-0.1, -0.05) is 18.2 Å². The maximum absolute atomic E-state index is 4.66. The van der Waals surface area contributed by atoms with Crippen molar-refractivity contribution in [2.45, 2.75) is 32.2 Å². The molecule has 1 aliphatic rings. The maximum atomic E-state index is 4.66. The third kappa shape index (κ3) is 3.13. The van der Waals surface area contributed by atoms with Gasteiger partial charge in [0.1, 0.15) is 0 Å². The first-order valence-corrected chi connectivity index (χ1v) is 7.46. The molecule has 0 unspecified atom stereocenters. The molecular weight excluding hydrogens is 248 g/mol.